The Kier molecular flexibility index (Phi) is 5.30. The number of hydrogen-bond donors (Lipinski definition) is 0. The van der Waals surface area contributed by atoms with Gasteiger partial charge in [-0.3, -0.25) is 4.79 Å². The van der Waals surface area contributed by atoms with E-state index in [9.17, 15) is 4.79 Å². The van der Waals surface area contributed by atoms with Gasteiger partial charge in [0.1, 0.15) is 23.3 Å². The number of ether oxygens (including phenoxy) is 1. The molecule has 5 nitrogen and oxygen atoms in total. The number of methoxy groups -OCH3 is 1. The highest BCUT2D eigenvalue weighted by atomic mass is 16.5. The smallest absolute Gasteiger partial charge is 0.159 e. The topological polar surface area (TPSA) is 57.0 Å². The van der Waals surface area contributed by atoms with Crippen LogP contribution in [-0.2, 0) is 11.3 Å². The first-order chi connectivity index (χ1) is 16.0. The minimum Gasteiger partial charge on any atom is -0.497 e. The van der Waals surface area contributed by atoms with Gasteiger partial charge in [-0.25, -0.2) is 0 Å². The lowest BCUT2D eigenvalue weighted by Gasteiger charge is -2.56. The zero-order valence-corrected chi connectivity index (χ0v) is 20.5. The minimum atomic E-state index is 0.163. The molecule has 0 spiro atoms. The Bertz CT molecular complexity index is 1050. The molecular formula is C28H39N3O2. The van der Waals surface area contributed by atoms with Gasteiger partial charge in [0, 0.05) is 12.0 Å². The molecule has 4 aliphatic carbocycles. The van der Waals surface area contributed by atoms with Gasteiger partial charge >= 0.3 is 0 Å². The molecule has 8 atom stereocenters. The van der Waals surface area contributed by atoms with Gasteiger partial charge in [0.05, 0.1) is 7.11 Å². The largest absolute Gasteiger partial charge is 0.497 e. The Hall–Kier alpha value is -1.91. The van der Waals surface area contributed by atoms with Gasteiger partial charge in [0.25, 0.3) is 0 Å². The summed E-state index contributed by atoms with van der Waals surface area (Å²) in [4.78, 5) is 15.2. The van der Waals surface area contributed by atoms with Gasteiger partial charge in [0.15, 0.2) is 5.78 Å². The Balaban J connectivity index is 1.18. The van der Waals surface area contributed by atoms with Crippen molar-refractivity contribution in [1.82, 2.24) is 15.0 Å². The van der Waals surface area contributed by atoms with E-state index in [1.165, 1.54) is 51.4 Å². The molecule has 0 N–H and O–H groups in total. The highest BCUT2D eigenvalue weighted by Gasteiger charge is 2.58. The van der Waals surface area contributed by atoms with Crippen LogP contribution in [0.25, 0.3) is 11.0 Å². The monoisotopic (exact) mass is 449 g/mol. The Morgan fingerprint density at radius 3 is 2.70 bits per heavy atom. The summed E-state index contributed by atoms with van der Waals surface area (Å²) in [6, 6.07) is 5.70. The van der Waals surface area contributed by atoms with Gasteiger partial charge in [0.2, 0.25) is 0 Å². The zero-order chi connectivity index (χ0) is 22.7. The zero-order valence-electron chi connectivity index (χ0n) is 20.5. The maximum Gasteiger partial charge on any atom is 0.159 e. The molecule has 6 rings (SSSR count). The SMILES string of the molecule is COc1ccc2nn(CC(=O)C3CCC4C5CCC6CC(C)CCC6C5CCC34C)nc2c1. The van der Waals surface area contributed by atoms with E-state index in [2.05, 4.69) is 24.0 Å². The first kappa shape index (κ1) is 21.6. The lowest BCUT2D eigenvalue weighted by Crippen LogP contribution is -2.49. The lowest BCUT2D eigenvalue weighted by molar-refractivity contribution is -0.131. The second-order valence-corrected chi connectivity index (χ2v) is 12.1. The summed E-state index contributed by atoms with van der Waals surface area (Å²) >= 11 is 0. The van der Waals surface area contributed by atoms with Crippen molar-refractivity contribution in [3.05, 3.63) is 18.2 Å². The number of rotatable bonds is 4. The molecular weight excluding hydrogens is 410 g/mol. The minimum absolute atomic E-state index is 0.163. The number of carbonyl (C=O) groups is 1. The normalized spacial score (nSPS) is 40.2. The molecule has 2 aromatic rings. The number of fused-ring (bicyclic) bond motifs is 6. The number of Topliss-reactive ketones (excluding diaryl/α,β-unsaturated/α-hetero) is 1. The summed E-state index contributed by atoms with van der Waals surface area (Å²) < 4.78 is 5.30. The summed E-state index contributed by atoms with van der Waals surface area (Å²) in [6.45, 7) is 5.21. The molecule has 178 valence electrons. The lowest BCUT2D eigenvalue weighted by atomic mass is 9.49. The molecule has 1 aromatic heterocycles. The molecule has 4 fully saturated rings. The van der Waals surface area contributed by atoms with Crippen LogP contribution in [0.3, 0.4) is 0 Å². The number of hydrogen-bond acceptors (Lipinski definition) is 4. The third-order valence-corrected chi connectivity index (χ3v) is 10.5. The van der Waals surface area contributed by atoms with Gasteiger partial charge in [-0.2, -0.15) is 15.0 Å². The van der Waals surface area contributed by atoms with Crippen LogP contribution >= 0.6 is 0 Å². The molecule has 0 bridgehead atoms. The molecule has 1 heterocycles. The summed E-state index contributed by atoms with van der Waals surface area (Å²) in [7, 11) is 1.66. The highest BCUT2D eigenvalue weighted by Crippen LogP contribution is 2.64. The Labute approximate surface area is 197 Å². The van der Waals surface area contributed by atoms with Gasteiger partial charge in [-0.05, 0) is 104 Å². The van der Waals surface area contributed by atoms with E-state index in [0.717, 1.165) is 58.7 Å². The maximum absolute atomic E-state index is 13.6. The second kappa shape index (κ2) is 8.09. The average molecular weight is 450 g/mol. The summed E-state index contributed by atoms with van der Waals surface area (Å²) in [5.74, 6) is 6.67. The third kappa shape index (κ3) is 3.52. The second-order valence-electron chi connectivity index (χ2n) is 12.1. The fourth-order valence-electron chi connectivity index (χ4n) is 9.00. The van der Waals surface area contributed by atoms with Crippen molar-refractivity contribution in [3.8, 4) is 5.75 Å². The van der Waals surface area contributed by atoms with Crippen molar-refractivity contribution in [2.45, 2.75) is 78.2 Å². The van der Waals surface area contributed by atoms with Crippen LogP contribution in [0.4, 0.5) is 0 Å². The van der Waals surface area contributed by atoms with E-state index in [1.54, 1.807) is 11.9 Å². The van der Waals surface area contributed by atoms with Crippen LogP contribution in [0.2, 0.25) is 0 Å². The predicted octanol–water partition coefficient (Wildman–Crippen LogP) is 5.91. The molecule has 0 aliphatic heterocycles. The van der Waals surface area contributed by atoms with Crippen LogP contribution < -0.4 is 4.74 Å². The van der Waals surface area contributed by atoms with Crippen molar-refractivity contribution in [2.75, 3.05) is 7.11 Å². The van der Waals surface area contributed by atoms with Crippen LogP contribution in [0, 0.1) is 46.8 Å². The molecule has 1 aromatic carbocycles. The van der Waals surface area contributed by atoms with Crippen molar-refractivity contribution in [2.24, 2.45) is 46.8 Å². The molecule has 8 unspecified atom stereocenters. The quantitative estimate of drug-likeness (QED) is 0.582. The number of ketones is 1. The number of carbonyl (C=O) groups excluding carboxylic acids is 1. The van der Waals surface area contributed by atoms with E-state index in [0.29, 0.717) is 12.3 Å². The van der Waals surface area contributed by atoms with Crippen LogP contribution in [0.15, 0.2) is 18.2 Å². The van der Waals surface area contributed by atoms with Crippen LogP contribution in [0.1, 0.15) is 71.6 Å². The predicted molar refractivity (Wildman–Crippen MR) is 129 cm³/mol. The molecule has 4 saturated carbocycles. The van der Waals surface area contributed by atoms with Crippen molar-refractivity contribution < 1.29 is 9.53 Å². The van der Waals surface area contributed by atoms with Crippen molar-refractivity contribution in [3.63, 3.8) is 0 Å². The van der Waals surface area contributed by atoms with E-state index < -0.39 is 0 Å². The number of aromatic nitrogens is 3. The molecule has 33 heavy (non-hydrogen) atoms. The third-order valence-electron chi connectivity index (χ3n) is 10.5. The van der Waals surface area contributed by atoms with Crippen LogP contribution in [-0.4, -0.2) is 27.9 Å². The molecule has 0 radical (unpaired) electrons. The van der Waals surface area contributed by atoms with Crippen molar-refractivity contribution in [1.29, 1.82) is 0 Å². The number of benzene rings is 1. The number of nitrogens with zero attached hydrogens (tertiary/aromatic N) is 3. The fraction of sp³-hybridized carbons (Fsp3) is 0.750. The van der Waals surface area contributed by atoms with Gasteiger partial charge in [-0.15, -0.1) is 0 Å². The summed E-state index contributed by atoms with van der Waals surface area (Å²) in [5, 5.41) is 9.15. The maximum atomic E-state index is 13.6. The fourth-order valence-corrected chi connectivity index (χ4v) is 9.00. The molecule has 4 aliphatic rings. The highest BCUT2D eigenvalue weighted by molar-refractivity contribution is 5.82. The standard InChI is InChI=1S/C28H39N3O2/c1-17-4-7-20-18(14-17)5-8-22-21(20)12-13-28(2)23(22)9-10-24(28)27(32)16-31-29-25-11-6-19(33-3)15-26(25)30-31/h6,11,15,17-18,20-24H,4-5,7-10,12-14,16H2,1-3H3. The van der Waals surface area contributed by atoms with E-state index in [1.807, 2.05) is 18.2 Å². The first-order valence-corrected chi connectivity index (χ1v) is 13.4. The van der Waals surface area contributed by atoms with Crippen LogP contribution in [0.5, 0.6) is 5.75 Å². The van der Waals surface area contributed by atoms with Crippen molar-refractivity contribution >= 4 is 16.8 Å². The summed E-state index contributed by atoms with van der Waals surface area (Å²) in [6.07, 6.45) is 12.1. The summed E-state index contributed by atoms with van der Waals surface area (Å²) in [5.41, 5.74) is 1.78. The molecule has 0 amide bonds. The molecule has 5 heteroatoms. The van der Waals surface area contributed by atoms with E-state index >= 15 is 0 Å². The Morgan fingerprint density at radius 2 is 1.85 bits per heavy atom. The average Bonchev–Trinajstić information content (AvgIpc) is 3.37. The van der Waals surface area contributed by atoms with Gasteiger partial charge in [-0.1, -0.05) is 20.3 Å². The van der Waals surface area contributed by atoms with Gasteiger partial charge < -0.3 is 4.74 Å². The first-order valence-electron chi connectivity index (χ1n) is 13.4. The van der Waals surface area contributed by atoms with E-state index in [4.69, 9.17) is 4.74 Å². The molecule has 0 saturated heterocycles. The van der Waals surface area contributed by atoms with E-state index in [-0.39, 0.29) is 11.3 Å². The Morgan fingerprint density at radius 1 is 1.03 bits per heavy atom.